The number of aromatic nitrogens is 2. The lowest BCUT2D eigenvalue weighted by molar-refractivity contribution is -0.831. The molecule has 2 rings (SSSR count). The molecule has 0 saturated heterocycles. The molecule has 1 aromatic heterocycles. The van der Waals surface area contributed by atoms with E-state index in [4.69, 9.17) is 0 Å². The van der Waals surface area contributed by atoms with Gasteiger partial charge < -0.3 is 10.1 Å². The van der Waals surface area contributed by atoms with E-state index in [0.29, 0.717) is 15.6 Å². The van der Waals surface area contributed by atoms with Crippen LogP contribution in [0.3, 0.4) is 0 Å². The predicted molar refractivity (Wildman–Crippen MR) is 70.2 cm³/mol. The van der Waals surface area contributed by atoms with Gasteiger partial charge in [0.15, 0.2) is 0 Å². The topological polar surface area (TPSA) is 56.2 Å². The summed E-state index contributed by atoms with van der Waals surface area (Å²) >= 11 is 1.46. The molecule has 0 saturated carbocycles. The first kappa shape index (κ1) is 12.9. The highest BCUT2D eigenvalue weighted by Gasteiger charge is 2.20. The Morgan fingerprint density at radius 2 is 2.06 bits per heavy atom. The average Bonchev–Trinajstić information content (AvgIpc) is 2.72. The second kappa shape index (κ2) is 5.88. The Labute approximate surface area is 110 Å². The highest BCUT2D eigenvalue weighted by molar-refractivity contribution is 7.99. The molecule has 0 amide bonds. The van der Waals surface area contributed by atoms with E-state index >= 15 is 0 Å². The van der Waals surface area contributed by atoms with Crippen LogP contribution in [0.5, 0.6) is 0 Å². The minimum Gasteiger partial charge on any atom is -0.359 e. The van der Waals surface area contributed by atoms with E-state index in [9.17, 15) is 5.21 Å². The third-order valence-electron chi connectivity index (χ3n) is 2.40. The number of rotatable bonds is 5. The first-order valence-electron chi connectivity index (χ1n) is 5.61. The summed E-state index contributed by atoms with van der Waals surface area (Å²) in [5, 5.41) is 15.9. The van der Waals surface area contributed by atoms with E-state index in [1.165, 1.54) is 11.8 Å². The van der Waals surface area contributed by atoms with Gasteiger partial charge in [0, 0.05) is 23.0 Å². The molecule has 0 fully saturated rings. The van der Waals surface area contributed by atoms with Crippen molar-refractivity contribution in [2.45, 2.75) is 5.03 Å². The van der Waals surface area contributed by atoms with Crippen LogP contribution in [0.15, 0.2) is 40.0 Å². The van der Waals surface area contributed by atoms with Crippen LogP contribution in [0.2, 0.25) is 0 Å². The fourth-order valence-electron chi connectivity index (χ4n) is 1.46. The van der Waals surface area contributed by atoms with Gasteiger partial charge in [-0.2, -0.15) is 0 Å². The Hall–Kier alpha value is -1.53. The Kier molecular flexibility index (Phi) is 4.22. The van der Waals surface area contributed by atoms with Crippen LogP contribution in [0.25, 0.3) is 11.3 Å². The van der Waals surface area contributed by atoms with Crippen LogP contribution < -0.4 is 4.90 Å². The molecule has 0 aliphatic carbocycles. The lowest BCUT2D eigenvalue weighted by Crippen LogP contribution is -2.26. The molecule has 5 nitrogen and oxygen atoms in total. The summed E-state index contributed by atoms with van der Waals surface area (Å²) in [4.78, 5) is 2.54. The minimum atomic E-state index is 0.475. The van der Waals surface area contributed by atoms with Crippen molar-refractivity contribution in [3.8, 4) is 11.3 Å². The van der Waals surface area contributed by atoms with Crippen LogP contribution >= 0.6 is 11.8 Å². The zero-order valence-corrected chi connectivity index (χ0v) is 11.2. The smallest absolute Gasteiger partial charge is 0.262 e. The standard InChI is InChI=1S/C12H15N3O2S/c1-14(2)8-9-18-12-11(13-17-15(12)16)10-6-4-3-5-7-10/h3-7H,8-9H2,1-2H3. The van der Waals surface area contributed by atoms with E-state index in [0.717, 1.165) is 17.9 Å². The monoisotopic (exact) mass is 265 g/mol. The van der Waals surface area contributed by atoms with Gasteiger partial charge in [0.2, 0.25) is 0 Å². The van der Waals surface area contributed by atoms with Gasteiger partial charge in [-0.15, -0.1) is 0 Å². The first-order chi connectivity index (χ1) is 8.68. The van der Waals surface area contributed by atoms with Crippen molar-refractivity contribution in [1.29, 1.82) is 0 Å². The number of benzene rings is 1. The van der Waals surface area contributed by atoms with E-state index in [1.807, 2.05) is 44.4 Å². The van der Waals surface area contributed by atoms with Gasteiger partial charge in [0.1, 0.15) is 0 Å². The largest absolute Gasteiger partial charge is 0.359 e. The van der Waals surface area contributed by atoms with Gasteiger partial charge in [0.05, 0.1) is 0 Å². The van der Waals surface area contributed by atoms with Crippen molar-refractivity contribution in [3.63, 3.8) is 0 Å². The quantitative estimate of drug-likeness (QED) is 0.607. The highest BCUT2D eigenvalue weighted by atomic mass is 32.2. The Morgan fingerprint density at radius 1 is 1.33 bits per heavy atom. The molecule has 0 bridgehead atoms. The van der Waals surface area contributed by atoms with Crippen molar-refractivity contribution in [1.82, 2.24) is 10.1 Å². The molecule has 0 N–H and O–H groups in total. The van der Waals surface area contributed by atoms with Gasteiger partial charge in [-0.05, 0) is 19.0 Å². The van der Waals surface area contributed by atoms with Gasteiger partial charge in [0.25, 0.3) is 10.7 Å². The number of nitrogens with zero attached hydrogens (tertiary/aromatic N) is 3. The molecule has 1 aromatic carbocycles. The van der Waals surface area contributed by atoms with Crippen LogP contribution in [-0.4, -0.2) is 36.4 Å². The Balaban J connectivity index is 2.17. The fourth-order valence-corrected chi connectivity index (χ4v) is 2.54. The maximum atomic E-state index is 11.5. The van der Waals surface area contributed by atoms with Crippen molar-refractivity contribution >= 4 is 11.8 Å². The van der Waals surface area contributed by atoms with Crippen molar-refractivity contribution in [3.05, 3.63) is 35.5 Å². The van der Waals surface area contributed by atoms with Gasteiger partial charge in [-0.3, -0.25) is 4.63 Å². The summed E-state index contributed by atoms with van der Waals surface area (Å²) in [5.74, 6) is 0.816. The number of hydrogen-bond donors (Lipinski definition) is 0. The van der Waals surface area contributed by atoms with Gasteiger partial charge in [-0.25, -0.2) is 0 Å². The van der Waals surface area contributed by atoms with Gasteiger partial charge in [-0.1, -0.05) is 42.1 Å². The maximum Gasteiger partial charge on any atom is 0.262 e. The minimum absolute atomic E-state index is 0.475. The summed E-state index contributed by atoms with van der Waals surface area (Å²) < 4.78 is 4.68. The van der Waals surface area contributed by atoms with Crippen molar-refractivity contribution in [2.24, 2.45) is 0 Å². The van der Waals surface area contributed by atoms with Crippen LogP contribution in [0.4, 0.5) is 0 Å². The Morgan fingerprint density at radius 3 is 2.72 bits per heavy atom. The lowest BCUT2D eigenvalue weighted by Gasteiger charge is -2.07. The van der Waals surface area contributed by atoms with Crippen molar-refractivity contribution < 1.29 is 9.53 Å². The molecule has 0 unspecified atom stereocenters. The summed E-state index contributed by atoms with van der Waals surface area (Å²) in [6, 6.07) is 9.57. The van der Waals surface area contributed by atoms with Crippen LogP contribution in [0.1, 0.15) is 0 Å². The zero-order valence-electron chi connectivity index (χ0n) is 10.4. The third kappa shape index (κ3) is 3.02. The van der Waals surface area contributed by atoms with E-state index in [2.05, 4.69) is 14.7 Å². The highest BCUT2D eigenvalue weighted by Crippen LogP contribution is 2.26. The lowest BCUT2D eigenvalue weighted by atomic mass is 10.2. The maximum absolute atomic E-state index is 11.5. The molecule has 0 aliphatic heterocycles. The number of hydrogen-bond acceptors (Lipinski definition) is 5. The zero-order chi connectivity index (χ0) is 13.0. The summed E-state index contributed by atoms with van der Waals surface area (Å²) in [5.41, 5.74) is 1.50. The molecule has 96 valence electrons. The van der Waals surface area contributed by atoms with E-state index in [-0.39, 0.29) is 0 Å². The molecular weight excluding hydrogens is 250 g/mol. The second-order valence-corrected chi connectivity index (χ2v) is 5.19. The normalized spacial score (nSPS) is 11.1. The molecule has 0 aliphatic rings. The van der Waals surface area contributed by atoms with E-state index < -0.39 is 0 Å². The van der Waals surface area contributed by atoms with Crippen LogP contribution in [-0.2, 0) is 0 Å². The summed E-state index contributed by atoms with van der Waals surface area (Å²) in [6.07, 6.45) is 0. The average molecular weight is 265 g/mol. The molecule has 0 radical (unpaired) electrons. The molecule has 0 spiro atoms. The fraction of sp³-hybridized carbons (Fsp3) is 0.333. The Bertz CT molecular complexity index is 499. The summed E-state index contributed by atoms with van der Waals surface area (Å²) in [6.45, 7) is 0.893. The van der Waals surface area contributed by atoms with Crippen molar-refractivity contribution in [2.75, 3.05) is 26.4 Å². The second-order valence-electron chi connectivity index (χ2n) is 4.10. The molecule has 0 atom stereocenters. The van der Waals surface area contributed by atoms with Crippen LogP contribution in [0, 0.1) is 5.21 Å². The molecular formula is C12H15N3O2S. The first-order valence-corrected chi connectivity index (χ1v) is 6.59. The van der Waals surface area contributed by atoms with Gasteiger partial charge >= 0.3 is 0 Å². The predicted octanol–water partition coefficient (Wildman–Crippen LogP) is 1.63. The molecule has 6 heteroatoms. The molecule has 2 aromatic rings. The SMILES string of the molecule is CN(C)CCSc1c(-c2ccccc2)no[n+]1[O-]. The number of thioether (sulfide) groups is 1. The summed E-state index contributed by atoms with van der Waals surface area (Å²) in [7, 11) is 4.00. The molecule has 1 heterocycles. The third-order valence-corrected chi connectivity index (χ3v) is 3.40. The molecule has 18 heavy (non-hydrogen) atoms. The van der Waals surface area contributed by atoms with E-state index in [1.54, 1.807) is 0 Å².